The fraction of sp³-hybridized carbons (Fsp3) is 0.900. The number of rotatable bonds is 8. The second kappa shape index (κ2) is 8.97. The lowest BCUT2D eigenvalue weighted by Gasteiger charge is -2.07. The zero-order chi connectivity index (χ0) is 10.8. The monoisotopic (exact) mass is 204 g/mol. The molecule has 0 spiro atoms. The summed E-state index contributed by atoms with van der Waals surface area (Å²) < 4.78 is 4.75. The Hall–Kier alpha value is -0.610. The van der Waals surface area contributed by atoms with Crippen LogP contribution in [0.4, 0.5) is 0 Å². The predicted octanol–water partition coefficient (Wildman–Crippen LogP) is 0.853. The maximum absolute atomic E-state index is 10.9. The number of aliphatic hydroxyl groups excluding tert-OH is 2. The molecule has 0 saturated heterocycles. The summed E-state index contributed by atoms with van der Waals surface area (Å²) in [5.74, 6) is -0.177. The van der Waals surface area contributed by atoms with Gasteiger partial charge in [0.2, 0.25) is 0 Å². The Morgan fingerprint density at radius 1 is 1.36 bits per heavy atom. The third kappa shape index (κ3) is 8.01. The van der Waals surface area contributed by atoms with Crippen LogP contribution in [0, 0.1) is 0 Å². The molecule has 0 aromatic heterocycles. The van der Waals surface area contributed by atoms with Gasteiger partial charge in [0.15, 0.2) is 0 Å². The molecule has 0 aliphatic carbocycles. The van der Waals surface area contributed by atoms with Gasteiger partial charge in [0.25, 0.3) is 0 Å². The van der Waals surface area contributed by atoms with E-state index in [4.69, 9.17) is 9.84 Å². The predicted molar refractivity (Wildman–Crippen MR) is 52.8 cm³/mol. The van der Waals surface area contributed by atoms with Crippen molar-refractivity contribution in [3.05, 3.63) is 0 Å². The van der Waals surface area contributed by atoms with E-state index in [1.165, 1.54) is 0 Å². The van der Waals surface area contributed by atoms with E-state index in [9.17, 15) is 9.90 Å². The fourth-order valence-electron chi connectivity index (χ4n) is 1.18. The summed E-state index contributed by atoms with van der Waals surface area (Å²) >= 11 is 0. The van der Waals surface area contributed by atoms with Crippen molar-refractivity contribution in [1.29, 1.82) is 0 Å². The minimum atomic E-state index is -0.442. The second-order valence-electron chi connectivity index (χ2n) is 3.22. The van der Waals surface area contributed by atoms with Crippen LogP contribution in [0.2, 0.25) is 0 Å². The van der Waals surface area contributed by atoms with E-state index in [1.54, 1.807) is 6.92 Å². The summed E-state index contributed by atoms with van der Waals surface area (Å²) in [6, 6.07) is 0. The summed E-state index contributed by atoms with van der Waals surface area (Å²) in [7, 11) is 0. The molecule has 84 valence electrons. The smallest absolute Gasteiger partial charge is 0.305 e. The number of esters is 1. The zero-order valence-electron chi connectivity index (χ0n) is 8.74. The van der Waals surface area contributed by atoms with Gasteiger partial charge in [-0.25, -0.2) is 0 Å². The molecule has 4 nitrogen and oxygen atoms in total. The van der Waals surface area contributed by atoms with Gasteiger partial charge in [0, 0.05) is 13.0 Å². The molecule has 0 aliphatic heterocycles. The van der Waals surface area contributed by atoms with Gasteiger partial charge in [-0.15, -0.1) is 0 Å². The molecule has 1 atom stereocenters. The van der Waals surface area contributed by atoms with Gasteiger partial charge < -0.3 is 14.9 Å². The quantitative estimate of drug-likeness (QED) is 0.454. The average molecular weight is 204 g/mol. The standard InChI is InChI=1S/C10H20O4/c1-2-14-10(13)6-4-3-5-9(12)7-8-11/h9,11-12H,2-8H2,1H3. The molecule has 1 unspecified atom stereocenters. The van der Waals surface area contributed by atoms with E-state index in [0.29, 0.717) is 25.9 Å². The number of unbranched alkanes of at least 4 members (excludes halogenated alkanes) is 1. The van der Waals surface area contributed by atoms with Gasteiger partial charge in [-0.2, -0.15) is 0 Å². The summed E-state index contributed by atoms with van der Waals surface area (Å²) in [5.41, 5.74) is 0. The second-order valence-corrected chi connectivity index (χ2v) is 3.22. The molecule has 0 saturated carbocycles. The van der Waals surface area contributed by atoms with Crippen molar-refractivity contribution in [3.63, 3.8) is 0 Å². The van der Waals surface area contributed by atoms with Crippen LogP contribution >= 0.6 is 0 Å². The molecule has 0 aliphatic rings. The highest BCUT2D eigenvalue weighted by atomic mass is 16.5. The molecule has 2 N–H and O–H groups in total. The van der Waals surface area contributed by atoms with E-state index < -0.39 is 6.10 Å². The number of hydrogen-bond donors (Lipinski definition) is 2. The van der Waals surface area contributed by atoms with Crippen molar-refractivity contribution in [3.8, 4) is 0 Å². The number of carbonyl (C=O) groups is 1. The summed E-state index contributed by atoms with van der Waals surface area (Å²) in [6.07, 6.45) is 2.56. The van der Waals surface area contributed by atoms with Crippen LogP contribution in [0.5, 0.6) is 0 Å². The maximum atomic E-state index is 10.9. The Bertz CT molecular complexity index is 147. The van der Waals surface area contributed by atoms with E-state index in [-0.39, 0.29) is 12.6 Å². The molecule has 0 aromatic rings. The highest BCUT2D eigenvalue weighted by Gasteiger charge is 2.04. The third-order valence-electron chi connectivity index (χ3n) is 1.94. The van der Waals surface area contributed by atoms with Gasteiger partial charge in [-0.1, -0.05) is 6.42 Å². The first-order valence-corrected chi connectivity index (χ1v) is 5.15. The molecule has 0 bridgehead atoms. The zero-order valence-corrected chi connectivity index (χ0v) is 8.74. The SMILES string of the molecule is CCOC(=O)CCCCC(O)CCO. The van der Waals surface area contributed by atoms with Crippen molar-refractivity contribution < 1.29 is 19.7 Å². The Balaban J connectivity index is 3.24. The lowest BCUT2D eigenvalue weighted by molar-refractivity contribution is -0.143. The Morgan fingerprint density at radius 2 is 2.07 bits per heavy atom. The largest absolute Gasteiger partial charge is 0.466 e. The molecular weight excluding hydrogens is 184 g/mol. The number of ether oxygens (including phenoxy) is 1. The Morgan fingerprint density at radius 3 is 2.64 bits per heavy atom. The van der Waals surface area contributed by atoms with E-state index in [2.05, 4.69) is 0 Å². The highest BCUT2D eigenvalue weighted by Crippen LogP contribution is 2.06. The minimum Gasteiger partial charge on any atom is -0.466 e. The number of hydrogen-bond acceptors (Lipinski definition) is 4. The van der Waals surface area contributed by atoms with Gasteiger partial charge in [-0.3, -0.25) is 4.79 Å². The number of carbonyl (C=O) groups excluding carboxylic acids is 1. The number of aliphatic hydroxyl groups is 2. The van der Waals surface area contributed by atoms with E-state index >= 15 is 0 Å². The van der Waals surface area contributed by atoms with Gasteiger partial charge in [-0.05, 0) is 26.2 Å². The van der Waals surface area contributed by atoms with Crippen LogP contribution in [-0.2, 0) is 9.53 Å². The normalized spacial score (nSPS) is 12.5. The van der Waals surface area contributed by atoms with Gasteiger partial charge in [0.1, 0.15) is 0 Å². The summed E-state index contributed by atoms with van der Waals surface area (Å²) in [5, 5.41) is 17.8. The third-order valence-corrected chi connectivity index (χ3v) is 1.94. The lowest BCUT2D eigenvalue weighted by Crippen LogP contribution is -2.09. The summed E-state index contributed by atoms with van der Waals surface area (Å²) in [6.45, 7) is 2.22. The summed E-state index contributed by atoms with van der Waals surface area (Å²) in [4.78, 5) is 10.9. The molecule has 0 amide bonds. The van der Waals surface area contributed by atoms with Crippen molar-refractivity contribution in [2.75, 3.05) is 13.2 Å². The van der Waals surface area contributed by atoms with Crippen LogP contribution in [0.15, 0.2) is 0 Å². The first-order valence-electron chi connectivity index (χ1n) is 5.15. The minimum absolute atomic E-state index is 0.0129. The van der Waals surface area contributed by atoms with Crippen molar-refractivity contribution in [1.82, 2.24) is 0 Å². The van der Waals surface area contributed by atoms with Crippen LogP contribution in [0.3, 0.4) is 0 Å². The fourth-order valence-corrected chi connectivity index (χ4v) is 1.18. The average Bonchev–Trinajstić information content (AvgIpc) is 2.13. The maximum Gasteiger partial charge on any atom is 0.305 e. The molecule has 14 heavy (non-hydrogen) atoms. The van der Waals surface area contributed by atoms with Crippen molar-refractivity contribution in [2.24, 2.45) is 0 Å². The van der Waals surface area contributed by atoms with E-state index in [1.807, 2.05) is 0 Å². The first kappa shape index (κ1) is 13.4. The Labute approximate surface area is 84.9 Å². The molecular formula is C10H20O4. The molecule has 0 heterocycles. The highest BCUT2D eigenvalue weighted by molar-refractivity contribution is 5.69. The van der Waals surface area contributed by atoms with Gasteiger partial charge >= 0.3 is 5.97 Å². The van der Waals surface area contributed by atoms with Crippen LogP contribution < -0.4 is 0 Å². The van der Waals surface area contributed by atoms with Crippen LogP contribution in [0.1, 0.15) is 39.0 Å². The van der Waals surface area contributed by atoms with Crippen molar-refractivity contribution in [2.45, 2.75) is 45.1 Å². The van der Waals surface area contributed by atoms with E-state index in [0.717, 1.165) is 12.8 Å². The van der Waals surface area contributed by atoms with Crippen LogP contribution in [-0.4, -0.2) is 35.5 Å². The lowest BCUT2D eigenvalue weighted by atomic mass is 10.1. The molecule has 0 rings (SSSR count). The molecule has 0 radical (unpaired) electrons. The van der Waals surface area contributed by atoms with Gasteiger partial charge in [0.05, 0.1) is 12.7 Å². The van der Waals surface area contributed by atoms with Crippen molar-refractivity contribution >= 4 is 5.97 Å². The molecule has 4 heteroatoms. The first-order chi connectivity index (χ1) is 6.70. The Kier molecular flexibility index (Phi) is 8.57. The molecule has 0 fully saturated rings. The molecule has 0 aromatic carbocycles. The topological polar surface area (TPSA) is 66.8 Å². The van der Waals surface area contributed by atoms with Crippen LogP contribution in [0.25, 0.3) is 0 Å².